The van der Waals surface area contributed by atoms with Crippen molar-refractivity contribution >= 4 is 0 Å². The first-order chi connectivity index (χ1) is 12.2. The second-order valence-electron chi connectivity index (χ2n) is 6.17. The van der Waals surface area contributed by atoms with Gasteiger partial charge in [0.1, 0.15) is 11.6 Å². The highest BCUT2D eigenvalue weighted by molar-refractivity contribution is 5.53. The average molecular weight is 336 g/mol. The Morgan fingerprint density at radius 3 is 2.96 bits per heavy atom. The summed E-state index contributed by atoms with van der Waals surface area (Å²) in [5, 5.41) is 0. The molecule has 1 aliphatic heterocycles. The molecule has 0 unspecified atom stereocenters. The van der Waals surface area contributed by atoms with Gasteiger partial charge < -0.3 is 4.98 Å². The van der Waals surface area contributed by atoms with Crippen molar-refractivity contribution in [2.24, 2.45) is 0 Å². The zero-order valence-corrected chi connectivity index (χ0v) is 13.6. The first-order valence-electron chi connectivity index (χ1n) is 8.18. The highest BCUT2D eigenvalue weighted by atomic mass is 19.1. The molecule has 0 radical (unpaired) electrons. The zero-order chi connectivity index (χ0) is 17.2. The number of fused-ring (bicyclic) bond motifs is 1. The predicted molar refractivity (Wildman–Crippen MR) is 92.3 cm³/mol. The normalized spacial score (nSPS) is 14.3. The lowest BCUT2D eigenvalue weighted by Crippen LogP contribution is -2.35. The van der Waals surface area contributed by atoms with Crippen molar-refractivity contribution in [2.45, 2.75) is 19.5 Å². The van der Waals surface area contributed by atoms with Gasteiger partial charge in [0.05, 0.1) is 5.69 Å². The summed E-state index contributed by atoms with van der Waals surface area (Å²) in [6.07, 6.45) is 4.00. The third-order valence-corrected chi connectivity index (χ3v) is 4.38. The first kappa shape index (κ1) is 15.7. The summed E-state index contributed by atoms with van der Waals surface area (Å²) in [6, 6.07) is 10.3. The van der Waals surface area contributed by atoms with Crippen molar-refractivity contribution < 1.29 is 4.39 Å². The molecule has 0 saturated heterocycles. The van der Waals surface area contributed by atoms with Crippen LogP contribution in [0.3, 0.4) is 0 Å². The van der Waals surface area contributed by atoms with Crippen LogP contribution in [-0.4, -0.2) is 26.4 Å². The number of pyridine rings is 1. The van der Waals surface area contributed by atoms with E-state index in [0.29, 0.717) is 25.3 Å². The van der Waals surface area contributed by atoms with Crippen molar-refractivity contribution in [2.75, 3.05) is 6.54 Å². The number of rotatable bonds is 3. The van der Waals surface area contributed by atoms with E-state index in [0.717, 1.165) is 28.9 Å². The topological polar surface area (TPSA) is 61.9 Å². The molecule has 0 atom stereocenters. The lowest BCUT2D eigenvalue weighted by molar-refractivity contribution is 0.240. The number of hydrogen-bond acceptors (Lipinski definition) is 4. The number of benzene rings is 1. The molecule has 1 N–H and O–H groups in total. The van der Waals surface area contributed by atoms with Crippen molar-refractivity contribution in [3.8, 4) is 11.4 Å². The van der Waals surface area contributed by atoms with Gasteiger partial charge in [-0.05, 0) is 36.2 Å². The molecule has 0 aliphatic carbocycles. The Balaban J connectivity index is 1.61. The maximum absolute atomic E-state index is 13.4. The first-order valence-corrected chi connectivity index (χ1v) is 8.18. The van der Waals surface area contributed by atoms with Crippen LogP contribution < -0.4 is 5.56 Å². The van der Waals surface area contributed by atoms with Gasteiger partial charge in [-0.25, -0.2) is 9.37 Å². The van der Waals surface area contributed by atoms with Gasteiger partial charge in [0.15, 0.2) is 0 Å². The Kier molecular flexibility index (Phi) is 4.11. The van der Waals surface area contributed by atoms with Gasteiger partial charge in [0.25, 0.3) is 5.56 Å². The fourth-order valence-electron chi connectivity index (χ4n) is 3.16. The molecule has 0 spiro atoms. The number of aromatic amines is 1. The molecule has 0 amide bonds. The molecular formula is C19H17FN4O. The molecule has 126 valence electrons. The van der Waals surface area contributed by atoms with Crippen molar-refractivity contribution in [3.63, 3.8) is 0 Å². The smallest absolute Gasteiger partial charge is 0.254 e. The largest absolute Gasteiger partial charge is 0.306 e. The van der Waals surface area contributed by atoms with Crippen molar-refractivity contribution in [1.82, 2.24) is 19.9 Å². The maximum Gasteiger partial charge on any atom is 0.254 e. The lowest BCUT2D eigenvalue weighted by Gasteiger charge is -2.27. The van der Waals surface area contributed by atoms with Gasteiger partial charge in [-0.15, -0.1) is 0 Å². The van der Waals surface area contributed by atoms with E-state index >= 15 is 0 Å². The minimum absolute atomic E-state index is 0.0886. The number of halogens is 1. The summed E-state index contributed by atoms with van der Waals surface area (Å²) < 4.78 is 13.4. The summed E-state index contributed by atoms with van der Waals surface area (Å²) in [4.78, 5) is 26.1. The van der Waals surface area contributed by atoms with Crippen LogP contribution in [0.25, 0.3) is 11.4 Å². The van der Waals surface area contributed by atoms with Gasteiger partial charge >= 0.3 is 0 Å². The van der Waals surface area contributed by atoms with E-state index in [2.05, 4.69) is 19.9 Å². The Morgan fingerprint density at radius 2 is 2.16 bits per heavy atom. The number of H-pyrrole nitrogens is 1. The summed E-state index contributed by atoms with van der Waals surface area (Å²) >= 11 is 0. The summed E-state index contributed by atoms with van der Waals surface area (Å²) in [7, 11) is 0. The van der Waals surface area contributed by atoms with E-state index in [1.807, 2.05) is 18.2 Å². The molecule has 6 heteroatoms. The predicted octanol–water partition coefficient (Wildman–Crippen LogP) is 2.53. The Hall–Kier alpha value is -2.86. The van der Waals surface area contributed by atoms with E-state index in [1.54, 1.807) is 24.5 Å². The number of hydrogen-bond donors (Lipinski definition) is 1. The van der Waals surface area contributed by atoms with Gasteiger partial charge in [0.2, 0.25) is 0 Å². The summed E-state index contributed by atoms with van der Waals surface area (Å²) in [5.74, 6) is 0.299. The highest BCUT2D eigenvalue weighted by Crippen LogP contribution is 2.19. The van der Waals surface area contributed by atoms with Crippen LogP contribution in [0.2, 0.25) is 0 Å². The molecule has 5 nitrogen and oxygen atoms in total. The third kappa shape index (κ3) is 3.34. The van der Waals surface area contributed by atoms with Crippen LogP contribution in [0.4, 0.5) is 4.39 Å². The Labute approximate surface area is 144 Å². The van der Waals surface area contributed by atoms with Crippen LogP contribution in [0.5, 0.6) is 0 Å². The van der Waals surface area contributed by atoms with E-state index < -0.39 is 0 Å². The zero-order valence-electron chi connectivity index (χ0n) is 13.6. The molecule has 25 heavy (non-hydrogen) atoms. The molecule has 3 heterocycles. The fraction of sp³-hybridized carbons (Fsp3) is 0.211. The standard InChI is InChI=1S/C19H17FN4O/c20-15-5-1-3-13(9-15)11-24-8-6-16-17(12-24)22-18(23-19(16)25)14-4-2-7-21-10-14/h1-5,7,9-10H,6,8,11-12H2,(H,22,23,25). The quantitative estimate of drug-likeness (QED) is 0.798. The second kappa shape index (κ2) is 6.57. The molecule has 0 fully saturated rings. The number of aromatic nitrogens is 3. The van der Waals surface area contributed by atoms with E-state index in [9.17, 15) is 9.18 Å². The molecule has 0 bridgehead atoms. The van der Waals surface area contributed by atoms with Crippen LogP contribution in [0, 0.1) is 5.82 Å². The summed E-state index contributed by atoms with van der Waals surface area (Å²) in [5.41, 5.74) is 3.13. The van der Waals surface area contributed by atoms with Crippen molar-refractivity contribution in [3.05, 3.63) is 81.8 Å². The SMILES string of the molecule is O=c1[nH]c(-c2cccnc2)nc2c1CCN(Cc1cccc(F)c1)C2. The van der Waals surface area contributed by atoms with Crippen LogP contribution in [0.1, 0.15) is 16.8 Å². The lowest BCUT2D eigenvalue weighted by atomic mass is 10.1. The Bertz CT molecular complexity index is 955. The Morgan fingerprint density at radius 1 is 1.24 bits per heavy atom. The van der Waals surface area contributed by atoms with Crippen molar-refractivity contribution in [1.29, 1.82) is 0 Å². The molecule has 3 aromatic rings. The van der Waals surface area contributed by atoms with Gasteiger partial charge in [0, 0.05) is 43.2 Å². The molecule has 4 rings (SSSR count). The van der Waals surface area contributed by atoms with E-state index in [-0.39, 0.29) is 11.4 Å². The van der Waals surface area contributed by atoms with Crippen LogP contribution >= 0.6 is 0 Å². The second-order valence-corrected chi connectivity index (χ2v) is 6.17. The maximum atomic E-state index is 13.4. The minimum atomic E-state index is -0.233. The third-order valence-electron chi connectivity index (χ3n) is 4.38. The molecule has 0 saturated carbocycles. The summed E-state index contributed by atoms with van der Waals surface area (Å²) in [6.45, 7) is 1.96. The van der Waals surface area contributed by atoms with Crippen LogP contribution in [0.15, 0.2) is 53.6 Å². The van der Waals surface area contributed by atoms with Crippen LogP contribution in [-0.2, 0) is 19.5 Å². The molecule has 2 aromatic heterocycles. The monoisotopic (exact) mass is 336 g/mol. The highest BCUT2D eigenvalue weighted by Gasteiger charge is 2.21. The van der Waals surface area contributed by atoms with Gasteiger partial charge in [-0.1, -0.05) is 12.1 Å². The van der Waals surface area contributed by atoms with Gasteiger partial charge in [-0.2, -0.15) is 0 Å². The van der Waals surface area contributed by atoms with Gasteiger partial charge in [-0.3, -0.25) is 14.7 Å². The fourth-order valence-corrected chi connectivity index (χ4v) is 3.16. The average Bonchev–Trinajstić information content (AvgIpc) is 2.62. The number of nitrogens with zero attached hydrogens (tertiary/aromatic N) is 3. The van der Waals surface area contributed by atoms with E-state index in [1.165, 1.54) is 6.07 Å². The molecule has 1 aromatic carbocycles. The molecular weight excluding hydrogens is 319 g/mol. The minimum Gasteiger partial charge on any atom is -0.306 e. The number of nitrogens with one attached hydrogen (secondary N) is 1. The molecule has 1 aliphatic rings. The van der Waals surface area contributed by atoms with E-state index in [4.69, 9.17) is 0 Å².